The summed E-state index contributed by atoms with van der Waals surface area (Å²) < 4.78 is 28.2. The molecule has 0 radical (unpaired) electrons. The number of sulfonamides is 1. The maximum Gasteiger partial charge on any atom is 0.242 e. The number of thiazole rings is 1. The standard InChI is InChI=1S/C21H20N4O2S2/c1-15-12-17-4-2-5-19(21(17)23-13-15)29(26,27)24-9-3-6-20-25-18(14-28-20)16-7-10-22-11-8-16/h2,4-5,7-8,10-14,24H,3,6,9H2,1H3. The van der Waals surface area contributed by atoms with Crippen LogP contribution in [0.2, 0.25) is 0 Å². The predicted octanol–water partition coefficient (Wildman–Crippen LogP) is 3.97. The fourth-order valence-electron chi connectivity index (χ4n) is 3.06. The van der Waals surface area contributed by atoms with Crippen molar-refractivity contribution in [1.82, 2.24) is 19.7 Å². The summed E-state index contributed by atoms with van der Waals surface area (Å²) in [4.78, 5) is 13.2. The molecule has 3 aromatic heterocycles. The van der Waals surface area contributed by atoms with Crippen molar-refractivity contribution in [3.63, 3.8) is 0 Å². The Morgan fingerprint density at radius 2 is 1.97 bits per heavy atom. The molecule has 148 valence electrons. The van der Waals surface area contributed by atoms with E-state index in [2.05, 4.69) is 19.7 Å². The molecule has 4 rings (SSSR count). The second-order valence-electron chi connectivity index (χ2n) is 6.70. The molecule has 0 aliphatic rings. The molecular formula is C21H20N4O2S2. The first-order valence-corrected chi connectivity index (χ1v) is 11.6. The molecule has 1 aromatic carbocycles. The molecule has 0 bridgehead atoms. The first-order chi connectivity index (χ1) is 14.0. The predicted molar refractivity (Wildman–Crippen MR) is 115 cm³/mol. The monoisotopic (exact) mass is 424 g/mol. The third kappa shape index (κ3) is 4.50. The van der Waals surface area contributed by atoms with Crippen LogP contribution in [-0.2, 0) is 16.4 Å². The van der Waals surface area contributed by atoms with E-state index in [1.807, 2.05) is 36.6 Å². The Balaban J connectivity index is 1.39. The zero-order valence-electron chi connectivity index (χ0n) is 15.9. The third-order valence-corrected chi connectivity index (χ3v) is 6.89. The van der Waals surface area contributed by atoms with E-state index < -0.39 is 10.0 Å². The molecule has 0 aliphatic carbocycles. The van der Waals surface area contributed by atoms with Crippen LogP contribution in [0, 0.1) is 6.92 Å². The van der Waals surface area contributed by atoms with Crippen LogP contribution in [0.1, 0.15) is 17.0 Å². The second-order valence-corrected chi connectivity index (χ2v) is 9.38. The molecule has 3 heterocycles. The smallest absolute Gasteiger partial charge is 0.242 e. The van der Waals surface area contributed by atoms with E-state index in [0.717, 1.165) is 27.2 Å². The van der Waals surface area contributed by atoms with Crippen LogP contribution in [0.25, 0.3) is 22.2 Å². The SMILES string of the molecule is Cc1cnc2c(S(=O)(=O)NCCCc3nc(-c4ccncc4)cs3)cccc2c1. The van der Waals surface area contributed by atoms with Crippen molar-refractivity contribution >= 4 is 32.3 Å². The average molecular weight is 425 g/mol. The third-order valence-electron chi connectivity index (χ3n) is 4.49. The van der Waals surface area contributed by atoms with Crippen LogP contribution in [-0.4, -0.2) is 29.9 Å². The highest BCUT2D eigenvalue weighted by Gasteiger charge is 2.17. The van der Waals surface area contributed by atoms with E-state index in [9.17, 15) is 8.42 Å². The van der Waals surface area contributed by atoms with E-state index in [0.29, 0.717) is 24.9 Å². The molecule has 29 heavy (non-hydrogen) atoms. The maximum absolute atomic E-state index is 12.8. The van der Waals surface area contributed by atoms with Gasteiger partial charge >= 0.3 is 0 Å². The van der Waals surface area contributed by atoms with Gasteiger partial charge in [0.25, 0.3) is 0 Å². The fraction of sp³-hybridized carbons (Fsp3) is 0.190. The minimum absolute atomic E-state index is 0.212. The Bertz CT molecular complexity index is 1240. The molecule has 0 spiro atoms. The summed E-state index contributed by atoms with van der Waals surface area (Å²) >= 11 is 1.58. The molecular weight excluding hydrogens is 404 g/mol. The lowest BCUT2D eigenvalue weighted by Gasteiger charge is -2.09. The van der Waals surface area contributed by atoms with Gasteiger partial charge < -0.3 is 0 Å². The van der Waals surface area contributed by atoms with Crippen molar-refractivity contribution in [2.45, 2.75) is 24.7 Å². The number of pyridine rings is 2. The molecule has 1 N–H and O–H groups in total. The number of hydrogen-bond acceptors (Lipinski definition) is 6. The minimum atomic E-state index is -3.63. The van der Waals surface area contributed by atoms with Gasteiger partial charge in [-0.3, -0.25) is 9.97 Å². The van der Waals surface area contributed by atoms with Gasteiger partial charge in [0.2, 0.25) is 10.0 Å². The largest absolute Gasteiger partial charge is 0.265 e. The summed E-state index contributed by atoms with van der Waals surface area (Å²) in [5.74, 6) is 0. The normalized spacial score (nSPS) is 11.8. The second kappa shape index (κ2) is 8.36. The summed E-state index contributed by atoms with van der Waals surface area (Å²) in [6.45, 7) is 2.28. The number of para-hydroxylation sites is 1. The maximum atomic E-state index is 12.8. The summed E-state index contributed by atoms with van der Waals surface area (Å²) in [5, 5.41) is 3.82. The molecule has 0 atom stereocenters. The Hall–Kier alpha value is -2.68. The number of nitrogens with zero attached hydrogens (tertiary/aromatic N) is 3. The number of hydrogen-bond donors (Lipinski definition) is 1. The summed E-state index contributed by atoms with van der Waals surface area (Å²) in [6.07, 6.45) is 6.55. The Morgan fingerprint density at radius 3 is 2.79 bits per heavy atom. The lowest BCUT2D eigenvalue weighted by molar-refractivity contribution is 0.579. The van der Waals surface area contributed by atoms with Crippen LogP contribution in [0.5, 0.6) is 0 Å². The Morgan fingerprint density at radius 1 is 1.14 bits per heavy atom. The molecule has 0 saturated carbocycles. The molecule has 0 fully saturated rings. The minimum Gasteiger partial charge on any atom is -0.265 e. The molecule has 6 nitrogen and oxygen atoms in total. The van der Waals surface area contributed by atoms with E-state index in [1.165, 1.54) is 0 Å². The lowest BCUT2D eigenvalue weighted by Crippen LogP contribution is -2.25. The Kier molecular flexibility index (Phi) is 5.66. The Labute approximate surface area is 173 Å². The number of rotatable bonds is 7. The van der Waals surface area contributed by atoms with E-state index >= 15 is 0 Å². The fourth-order valence-corrected chi connectivity index (χ4v) is 5.17. The van der Waals surface area contributed by atoms with Gasteiger partial charge in [0, 0.05) is 47.9 Å². The number of fused-ring (bicyclic) bond motifs is 1. The van der Waals surface area contributed by atoms with Gasteiger partial charge in [-0.1, -0.05) is 12.1 Å². The highest BCUT2D eigenvalue weighted by molar-refractivity contribution is 7.89. The summed E-state index contributed by atoms with van der Waals surface area (Å²) in [6, 6.07) is 11.0. The molecule has 0 amide bonds. The van der Waals surface area contributed by atoms with E-state index in [4.69, 9.17) is 0 Å². The van der Waals surface area contributed by atoms with Crippen LogP contribution >= 0.6 is 11.3 Å². The lowest BCUT2D eigenvalue weighted by atomic mass is 10.2. The highest BCUT2D eigenvalue weighted by Crippen LogP contribution is 2.23. The van der Waals surface area contributed by atoms with Crippen molar-refractivity contribution in [3.05, 3.63) is 70.9 Å². The van der Waals surface area contributed by atoms with E-state index in [-0.39, 0.29) is 4.90 Å². The average Bonchev–Trinajstić information content (AvgIpc) is 3.20. The van der Waals surface area contributed by atoms with Gasteiger partial charge in [-0.25, -0.2) is 18.1 Å². The quantitative estimate of drug-likeness (QED) is 0.454. The van der Waals surface area contributed by atoms with Gasteiger partial charge in [0.15, 0.2) is 0 Å². The van der Waals surface area contributed by atoms with E-state index in [1.54, 1.807) is 42.1 Å². The van der Waals surface area contributed by atoms with Crippen molar-refractivity contribution in [3.8, 4) is 11.3 Å². The molecule has 8 heteroatoms. The van der Waals surface area contributed by atoms with Gasteiger partial charge in [-0.2, -0.15) is 0 Å². The number of benzene rings is 1. The first-order valence-electron chi connectivity index (χ1n) is 9.23. The zero-order valence-corrected chi connectivity index (χ0v) is 17.5. The van der Waals surface area contributed by atoms with Gasteiger partial charge in [-0.15, -0.1) is 11.3 Å². The molecule has 0 unspecified atom stereocenters. The van der Waals surface area contributed by atoms with Gasteiger partial charge in [-0.05, 0) is 43.2 Å². The van der Waals surface area contributed by atoms with Crippen molar-refractivity contribution in [2.75, 3.05) is 6.54 Å². The first kappa shape index (κ1) is 19.6. The van der Waals surface area contributed by atoms with Crippen LogP contribution in [0.3, 0.4) is 0 Å². The molecule has 0 aliphatic heterocycles. The van der Waals surface area contributed by atoms with Crippen LogP contribution in [0.4, 0.5) is 0 Å². The number of aryl methyl sites for hydroxylation is 2. The molecule has 0 saturated heterocycles. The summed E-state index contributed by atoms with van der Waals surface area (Å²) in [7, 11) is -3.63. The number of aromatic nitrogens is 3. The molecule has 4 aromatic rings. The highest BCUT2D eigenvalue weighted by atomic mass is 32.2. The topological polar surface area (TPSA) is 84.8 Å². The number of nitrogens with one attached hydrogen (secondary N) is 1. The summed E-state index contributed by atoms with van der Waals surface area (Å²) in [5.41, 5.74) is 3.44. The van der Waals surface area contributed by atoms with Crippen molar-refractivity contribution in [2.24, 2.45) is 0 Å². The van der Waals surface area contributed by atoms with Crippen molar-refractivity contribution < 1.29 is 8.42 Å². The van der Waals surface area contributed by atoms with Gasteiger partial charge in [0.1, 0.15) is 4.90 Å². The zero-order chi connectivity index (χ0) is 20.3. The van der Waals surface area contributed by atoms with Crippen LogP contribution < -0.4 is 4.72 Å². The van der Waals surface area contributed by atoms with Crippen molar-refractivity contribution in [1.29, 1.82) is 0 Å². The van der Waals surface area contributed by atoms with Gasteiger partial charge in [0.05, 0.1) is 16.2 Å². The van der Waals surface area contributed by atoms with Crippen LogP contribution in [0.15, 0.2) is 65.3 Å².